The largest absolute Gasteiger partial charge is 0.450 e. The van der Waals surface area contributed by atoms with E-state index in [0.29, 0.717) is 27.9 Å². The highest BCUT2D eigenvalue weighted by molar-refractivity contribution is 8.00. The Morgan fingerprint density at radius 1 is 0.975 bits per heavy atom. The maximum Gasteiger partial charge on any atom is 0.297 e. The van der Waals surface area contributed by atoms with E-state index in [-0.39, 0.29) is 33.2 Å². The van der Waals surface area contributed by atoms with E-state index in [9.17, 15) is 18.8 Å². The summed E-state index contributed by atoms with van der Waals surface area (Å²) in [5.74, 6) is -1.06. The van der Waals surface area contributed by atoms with Crippen molar-refractivity contribution in [2.45, 2.75) is 22.6 Å². The van der Waals surface area contributed by atoms with Crippen LogP contribution in [0.25, 0.3) is 11.0 Å². The third-order valence-corrected chi connectivity index (χ3v) is 9.32. The van der Waals surface area contributed by atoms with Crippen LogP contribution in [0.15, 0.2) is 86.3 Å². The molecule has 5 aromatic rings. The fourth-order valence-corrected chi connectivity index (χ4v) is 7.35. The summed E-state index contributed by atoms with van der Waals surface area (Å²) in [5, 5.41) is 9.04. The Hall–Kier alpha value is -4.35. The number of amides is 2. The zero-order chi connectivity index (χ0) is 27.6. The highest BCUT2D eigenvalue weighted by atomic mass is 32.2. The molecule has 0 saturated carbocycles. The quantitative estimate of drug-likeness (QED) is 0.208. The van der Waals surface area contributed by atoms with Gasteiger partial charge in [-0.05, 0) is 42.8 Å². The Bertz CT molecular complexity index is 1900. The van der Waals surface area contributed by atoms with Crippen LogP contribution >= 0.6 is 23.1 Å². The molecule has 2 amide bonds. The summed E-state index contributed by atoms with van der Waals surface area (Å²) in [5.41, 5.74) is 0.0300. The Balaban J connectivity index is 1.42. The number of carbonyl (C=O) groups is 2. The highest BCUT2D eigenvalue weighted by Gasteiger charge is 2.66. The van der Waals surface area contributed by atoms with Crippen LogP contribution in [0.1, 0.15) is 34.2 Å². The number of para-hydroxylation sites is 2. The second kappa shape index (κ2) is 9.10. The van der Waals surface area contributed by atoms with Gasteiger partial charge in [-0.1, -0.05) is 65.6 Å². The maximum absolute atomic E-state index is 14.4. The summed E-state index contributed by atoms with van der Waals surface area (Å²) in [6.07, 6.45) is 0. The number of aromatic nitrogens is 2. The van der Waals surface area contributed by atoms with Crippen LogP contribution in [-0.4, -0.2) is 28.6 Å². The molecular weight excluding hydrogens is 551 g/mol. The number of hydrogen-bond acceptors (Lipinski definition) is 8. The standard InChI is InChI=1S/C29H19FN4O4S2/c1-2-33-20-9-5-4-8-19(20)29(26(33)37)22-23(35)18-7-3-6-10-21(18)38-24(22)25(36)34(29)27-31-32-28(40-27)39-15-16-11-13-17(30)14-12-16/h3-14H,2,15H2,1H3. The van der Waals surface area contributed by atoms with Crippen LogP contribution in [-0.2, 0) is 16.1 Å². The lowest BCUT2D eigenvalue weighted by Gasteiger charge is -2.31. The van der Waals surface area contributed by atoms with Gasteiger partial charge in [0.15, 0.2) is 15.3 Å². The van der Waals surface area contributed by atoms with Crippen molar-refractivity contribution in [3.05, 3.63) is 111 Å². The number of thioether (sulfide) groups is 1. The zero-order valence-corrected chi connectivity index (χ0v) is 22.6. The van der Waals surface area contributed by atoms with Gasteiger partial charge in [0, 0.05) is 17.9 Å². The monoisotopic (exact) mass is 570 g/mol. The molecule has 0 radical (unpaired) electrons. The number of rotatable bonds is 5. The van der Waals surface area contributed by atoms with E-state index in [1.165, 1.54) is 28.8 Å². The molecule has 2 aromatic heterocycles. The maximum atomic E-state index is 14.4. The fraction of sp³-hybridized carbons (Fsp3) is 0.138. The number of anilines is 2. The number of fused-ring (bicyclic) bond motifs is 5. The van der Waals surface area contributed by atoms with Crippen LogP contribution < -0.4 is 15.2 Å². The van der Waals surface area contributed by atoms with Gasteiger partial charge in [0.05, 0.1) is 16.6 Å². The van der Waals surface area contributed by atoms with E-state index in [1.54, 1.807) is 59.5 Å². The van der Waals surface area contributed by atoms with E-state index >= 15 is 0 Å². The second-order valence-electron chi connectivity index (χ2n) is 9.31. The normalized spacial score (nSPS) is 17.8. The molecule has 2 aliphatic heterocycles. The average Bonchev–Trinajstić information content (AvgIpc) is 3.61. The van der Waals surface area contributed by atoms with Crippen LogP contribution in [0.4, 0.5) is 15.2 Å². The molecule has 0 N–H and O–H groups in total. The molecule has 11 heteroatoms. The average molecular weight is 571 g/mol. The van der Waals surface area contributed by atoms with E-state index in [1.807, 2.05) is 13.0 Å². The van der Waals surface area contributed by atoms with Gasteiger partial charge in [0.2, 0.25) is 10.9 Å². The second-order valence-corrected chi connectivity index (χ2v) is 11.5. The van der Waals surface area contributed by atoms with Crippen LogP contribution in [0.2, 0.25) is 0 Å². The molecule has 0 bridgehead atoms. The minimum atomic E-state index is -1.79. The van der Waals surface area contributed by atoms with Crippen molar-refractivity contribution in [2.24, 2.45) is 0 Å². The minimum absolute atomic E-state index is 0.0136. The first-order valence-electron chi connectivity index (χ1n) is 12.5. The Labute approximate surface area is 235 Å². The molecule has 40 heavy (non-hydrogen) atoms. The van der Waals surface area contributed by atoms with Gasteiger partial charge >= 0.3 is 0 Å². The summed E-state index contributed by atoms with van der Waals surface area (Å²) in [6.45, 7) is 2.18. The predicted molar refractivity (Wildman–Crippen MR) is 150 cm³/mol. The zero-order valence-electron chi connectivity index (χ0n) is 21.0. The Kier molecular flexibility index (Phi) is 5.62. The molecule has 0 fully saturated rings. The Morgan fingerprint density at radius 2 is 1.73 bits per heavy atom. The number of benzene rings is 3. The van der Waals surface area contributed by atoms with Crippen molar-refractivity contribution in [3.8, 4) is 0 Å². The van der Waals surface area contributed by atoms with Gasteiger partial charge in [-0.15, -0.1) is 10.2 Å². The lowest BCUT2D eigenvalue weighted by atomic mass is 9.84. The van der Waals surface area contributed by atoms with Crippen molar-refractivity contribution < 1.29 is 18.4 Å². The van der Waals surface area contributed by atoms with Crippen LogP contribution in [0, 0.1) is 5.82 Å². The van der Waals surface area contributed by atoms with Crippen molar-refractivity contribution in [2.75, 3.05) is 16.3 Å². The number of halogens is 1. The molecule has 2 aliphatic rings. The first kappa shape index (κ1) is 24.7. The molecule has 1 unspecified atom stereocenters. The summed E-state index contributed by atoms with van der Waals surface area (Å²) >= 11 is 2.52. The molecule has 0 aliphatic carbocycles. The van der Waals surface area contributed by atoms with Crippen molar-refractivity contribution in [3.63, 3.8) is 0 Å². The predicted octanol–water partition coefficient (Wildman–Crippen LogP) is 5.35. The van der Waals surface area contributed by atoms with Gasteiger partial charge in [0.25, 0.3) is 11.8 Å². The summed E-state index contributed by atoms with van der Waals surface area (Å²) in [7, 11) is 0. The van der Waals surface area contributed by atoms with Gasteiger partial charge < -0.3 is 9.32 Å². The number of nitrogens with zero attached hydrogens (tertiary/aromatic N) is 4. The summed E-state index contributed by atoms with van der Waals surface area (Å²) < 4.78 is 19.9. The summed E-state index contributed by atoms with van der Waals surface area (Å²) in [6, 6.07) is 20.0. The molecule has 1 spiro atoms. The minimum Gasteiger partial charge on any atom is -0.450 e. The van der Waals surface area contributed by atoms with E-state index in [0.717, 1.165) is 16.9 Å². The van der Waals surface area contributed by atoms with Gasteiger partial charge in [0.1, 0.15) is 11.4 Å². The first-order valence-corrected chi connectivity index (χ1v) is 14.3. The third kappa shape index (κ3) is 3.34. The lowest BCUT2D eigenvalue weighted by Crippen LogP contribution is -2.53. The fourth-order valence-electron chi connectivity index (χ4n) is 5.50. The van der Waals surface area contributed by atoms with Gasteiger partial charge in [-0.25, -0.2) is 4.39 Å². The third-order valence-electron chi connectivity index (χ3n) is 7.21. The molecule has 0 saturated heterocycles. The molecule has 1 atom stereocenters. The summed E-state index contributed by atoms with van der Waals surface area (Å²) in [4.78, 5) is 45.5. The SMILES string of the molecule is CCN1C(=O)C2(c3ccccc31)c1c(oc3ccccc3c1=O)C(=O)N2c1nnc(SCc2ccc(F)cc2)s1. The van der Waals surface area contributed by atoms with E-state index < -0.39 is 22.8 Å². The van der Waals surface area contributed by atoms with Crippen molar-refractivity contribution in [1.82, 2.24) is 10.2 Å². The molecular formula is C29H19FN4O4S2. The number of carbonyl (C=O) groups excluding carboxylic acids is 2. The molecule has 3 aromatic carbocycles. The van der Waals surface area contributed by atoms with Gasteiger partial charge in [-0.3, -0.25) is 19.3 Å². The first-order chi connectivity index (χ1) is 19.4. The lowest BCUT2D eigenvalue weighted by molar-refractivity contribution is -0.121. The molecule has 7 rings (SSSR count). The molecule has 8 nitrogen and oxygen atoms in total. The van der Waals surface area contributed by atoms with Crippen molar-refractivity contribution in [1.29, 1.82) is 0 Å². The number of hydrogen-bond donors (Lipinski definition) is 0. The van der Waals surface area contributed by atoms with E-state index in [2.05, 4.69) is 10.2 Å². The topological polar surface area (TPSA) is 96.6 Å². The van der Waals surface area contributed by atoms with Crippen molar-refractivity contribution >= 4 is 56.7 Å². The van der Waals surface area contributed by atoms with Crippen LogP contribution in [0.3, 0.4) is 0 Å². The molecule has 4 heterocycles. The number of likely N-dealkylation sites (N-methyl/N-ethyl adjacent to an activating group) is 1. The molecule has 198 valence electrons. The smallest absolute Gasteiger partial charge is 0.297 e. The van der Waals surface area contributed by atoms with Gasteiger partial charge in [-0.2, -0.15) is 0 Å². The highest BCUT2D eigenvalue weighted by Crippen LogP contribution is 2.54. The Morgan fingerprint density at radius 3 is 2.52 bits per heavy atom. The van der Waals surface area contributed by atoms with E-state index in [4.69, 9.17) is 4.42 Å². The van der Waals surface area contributed by atoms with Crippen LogP contribution in [0.5, 0.6) is 0 Å².